The van der Waals surface area contributed by atoms with E-state index in [4.69, 9.17) is 10.9 Å². The lowest BCUT2D eigenvalue weighted by molar-refractivity contribution is 0.0922. The van der Waals surface area contributed by atoms with E-state index in [1.165, 1.54) is 11.3 Å². The highest BCUT2D eigenvalue weighted by molar-refractivity contribution is 7.08. The Labute approximate surface area is 110 Å². The summed E-state index contributed by atoms with van der Waals surface area (Å²) in [4.78, 5) is 12.2. The van der Waals surface area contributed by atoms with E-state index in [0.29, 0.717) is 5.56 Å². The second kappa shape index (κ2) is 4.97. The number of hydrogen-bond acceptors (Lipinski definition) is 4. The fourth-order valence-electron chi connectivity index (χ4n) is 2.40. The lowest BCUT2D eigenvalue weighted by Crippen LogP contribution is -2.55. The van der Waals surface area contributed by atoms with E-state index in [1.54, 1.807) is 0 Å². The molecule has 1 aliphatic rings. The van der Waals surface area contributed by atoms with Crippen molar-refractivity contribution >= 4 is 23.1 Å². The summed E-state index contributed by atoms with van der Waals surface area (Å²) < 4.78 is 0. The van der Waals surface area contributed by atoms with E-state index >= 15 is 0 Å². The molecule has 0 atom stereocenters. The first-order valence-electron chi connectivity index (χ1n) is 5.92. The Balaban J connectivity index is 2.21. The van der Waals surface area contributed by atoms with Gasteiger partial charge in [-0.1, -0.05) is 18.0 Å². The van der Waals surface area contributed by atoms with Crippen LogP contribution >= 0.6 is 11.3 Å². The van der Waals surface area contributed by atoms with Gasteiger partial charge in [-0.15, -0.1) is 0 Å². The van der Waals surface area contributed by atoms with Crippen molar-refractivity contribution in [3.05, 3.63) is 21.9 Å². The van der Waals surface area contributed by atoms with E-state index in [2.05, 4.69) is 10.5 Å². The number of nitrogens with two attached hydrogens (primary N) is 1. The van der Waals surface area contributed by atoms with Crippen molar-refractivity contribution in [1.29, 1.82) is 0 Å². The fraction of sp³-hybridized carbons (Fsp3) is 0.500. The second-order valence-corrected chi connectivity index (χ2v) is 5.44. The number of amidine groups is 1. The molecule has 0 aromatic carbocycles. The molecule has 0 unspecified atom stereocenters. The Kier molecular flexibility index (Phi) is 3.56. The maximum Gasteiger partial charge on any atom is 0.253 e. The molecule has 1 fully saturated rings. The minimum Gasteiger partial charge on any atom is -0.409 e. The molecule has 2 rings (SSSR count). The summed E-state index contributed by atoms with van der Waals surface area (Å²) in [6.07, 6.45) is 3.38. The van der Waals surface area contributed by atoms with Crippen molar-refractivity contribution in [2.45, 2.75) is 38.1 Å². The maximum atomic E-state index is 12.2. The monoisotopic (exact) mass is 267 g/mol. The number of nitrogens with one attached hydrogen (secondary N) is 1. The Morgan fingerprint density at radius 3 is 2.67 bits per heavy atom. The third-order valence-corrected chi connectivity index (χ3v) is 4.37. The molecule has 5 nitrogen and oxygen atoms in total. The molecule has 6 heteroatoms. The summed E-state index contributed by atoms with van der Waals surface area (Å²) in [6.45, 7) is 1.90. The first kappa shape index (κ1) is 12.9. The minimum atomic E-state index is -0.680. The highest BCUT2D eigenvalue weighted by Crippen LogP contribution is 2.30. The molecular weight excluding hydrogens is 250 g/mol. The Hall–Kier alpha value is -1.56. The lowest BCUT2D eigenvalue weighted by atomic mass is 9.95. The van der Waals surface area contributed by atoms with Crippen LogP contribution in [-0.4, -0.2) is 22.5 Å². The molecule has 4 N–H and O–H groups in total. The molecule has 18 heavy (non-hydrogen) atoms. The van der Waals surface area contributed by atoms with Gasteiger partial charge in [0.15, 0.2) is 5.84 Å². The zero-order chi connectivity index (χ0) is 13.2. The van der Waals surface area contributed by atoms with Gasteiger partial charge in [0, 0.05) is 5.38 Å². The number of rotatable bonds is 3. The average molecular weight is 267 g/mol. The van der Waals surface area contributed by atoms with Gasteiger partial charge in [0.2, 0.25) is 0 Å². The van der Waals surface area contributed by atoms with Crippen LogP contribution in [0.25, 0.3) is 0 Å². The quantitative estimate of drug-likeness (QED) is 0.338. The molecule has 0 spiro atoms. The van der Waals surface area contributed by atoms with E-state index in [1.807, 2.05) is 17.7 Å². The van der Waals surface area contributed by atoms with Crippen LogP contribution in [0.15, 0.2) is 15.9 Å². The highest BCUT2D eigenvalue weighted by Gasteiger charge is 2.40. The lowest BCUT2D eigenvalue weighted by Gasteiger charge is -2.28. The molecule has 1 amide bonds. The van der Waals surface area contributed by atoms with Crippen LogP contribution in [0.5, 0.6) is 0 Å². The Morgan fingerprint density at radius 1 is 1.50 bits per heavy atom. The summed E-state index contributed by atoms with van der Waals surface area (Å²) in [7, 11) is 0. The van der Waals surface area contributed by atoms with Crippen molar-refractivity contribution in [1.82, 2.24) is 5.32 Å². The molecule has 1 heterocycles. The number of oxime groups is 1. The van der Waals surface area contributed by atoms with Crippen LogP contribution in [0.3, 0.4) is 0 Å². The number of nitrogens with zero attached hydrogens (tertiary/aromatic N) is 1. The van der Waals surface area contributed by atoms with Gasteiger partial charge in [-0.25, -0.2) is 0 Å². The predicted molar refractivity (Wildman–Crippen MR) is 71.1 cm³/mol. The van der Waals surface area contributed by atoms with E-state index in [-0.39, 0.29) is 11.7 Å². The summed E-state index contributed by atoms with van der Waals surface area (Å²) >= 11 is 1.49. The molecule has 0 saturated heterocycles. The SMILES string of the molecule is Cc1cscc1C(=O)NC1(C(N)=NO)CCCC1. The van der Waals surface area contributed by atoms with Crippen LogP contribution < -0.4 is 11.1 Å². The molecule has 1 aromatic rings. The first-order chi connectivity index (χ1) is 8.59. The van der Waals surface area contributed by atoms with E-state index < -0.39 is 5.54 Å². The number of thiophene rings is 1. The largest absolute Gasteiger partial charge is 0.409 e. The van der Waals surface area contributed by atoms with Crippen LogP contribution in [0.2, 0.25) is 0 Å². The molecule has 1 saturated carbocycles. The number of hydrogen-bond donors (Lipinski definition) is 3. The number of carbonyl (C=O) groups excluding carboxylic acids is 1. The predicted octanol–water partition coefficient (Wildman–Crippen LogP) is 1.85. The molecule has 0 bridgehead atoms. The molecule has 0 radical (unpaired) electrons. The van der Waals surface area contributed by atoms with Crippen molar-refractivity contribution in [2.24, 2.45) is 10.9 Å². The molecule has 98 valence electrons. The molecule has 1 aliphatic carbocycles. The van der Waals surface area contributed by atoms with Gasteiger partial charge in [-0.2, -0.15) is 11.3 Å². The molecular formula is C12H17N3O2S. The average Bonchev–Trinajstić information content (AvgIpc) is 2.97. The topological polar surface area (TPSA) is 87.7 Å². The fourth-order valence-corrected chi connectivity index (χ4v) is 3.23. The summed E-state index contributed by atoms with van der Waals surface area (Å²) in [5.41, 5.74) is 6.67. The highest BCUT2D eigenvalue weighted by atomic mass is 32.1. The number of carbonyl (C=O) groups is 1. The van der Waals surface area contributed by atoms with E-state index in [9.17, 15) is 4.79 Å². The van der Waals surface area contributed by atoms with Crippen LogP contribution in [0.4, 0.5) is 0 Å². The van der Waals surface area contributed by atoms with E-state index in [0.717, 1.165) is 31.2 Å². The van der Waals surface area contributed by atoms with Crippen LogP contribution in [0.1, 0.15) is 41.6 Å². The summed E-state index contributed by atoms with van der Waals surface area (Å²) in [5, 5.41) is 18.6. The third kappa shape index (κ3) is 2.20. The Bertz CT molecular complexity index is 475. The summed E-state index contributed by atoms with van der Waals surface area (Å²) in [6, 6.07) is 0. The Morgan fingerprint density at radius 2 is 2.17 bits per heavy atom. The van der Waals surface area contributed by atoms with Crippen LogP contribution in [0, 0.1) is 6.92 Å². The molecule has 1 aromatic heterocycles. The number of amides is 1. The van der Waals surface area contributed by atoms with Gasteiger partial charge in [0.25, 0.3) is 5.91 Å². The standard InChI is InChI=1S/C12H17N3O2S/c1-8-6-18-7-9(8)10(16)14-12(11(13)15-17)4-2-3-5-12/h6-7,17H,2-5H2,1H3,(H2,13,15)(H,14,16). The van der Waals surface area contributed by atoms with Gasteiger partial charge >= 0.3 is 0 Å². The van der Waals surface area contributed by atoms with Crippen molar-refractivity contribution in [3.8, 4) is 0 Å². The van der Waals surface area contributed by atoms with Gasteiger partial charge in [0.1, 0.15) is 5.54 Å². The van der Waals surface area contributed by atoms with Crippen molar-refractivity contribution in [2.75, 3.05) is 0 Å². The number of aryl methyl sites for hydroxylation is 1. The van der Waals surface area contributed by atoms with Gasteiger partial charge in [-0.3, -0.25) is 4.79 Å². The smallest absolute Gasteiger partial charge is 0.253 e. The van der Waals surface area contributed by atoms with Crippen molar-refractivity contribution < 1.29 is 10.0 Å². The zero-order valence-electron chi connectivity index (χ0n) is 10.3. The zero-order valence-corrected chi connectivity index (χ0v) is 11.1. The van der Waals surface area contributed by atoms with Gasteiger partial charge < -0.3 is 16.3 Å². The van der Waals surface area contributed by atoms with Gasteiger partial charge in [-0.05, 0) is 30.7 Å². The van der Waals surface area contributed by atoms with Gasteiger partial charge in [0.05, 0.1) is 5.56 Å². The minimum absolute atomic E-state index is 0.0984. The second-order valence-electron chi connectivity index (χ2n) is 4.70. The summed E-state index contributed by atoms with van der Waals surface area (Å²) in [5.74, 6) is -0.0523. The first-order valence-corrected chi connectivity index (χ1v) is 6.87. The molecule has 0 aliphatic heterocycles. The van der Waals surface area contributed by atoms with Crippen molar-refractivity contribution in [3.63, 3.8) is 0 Å². The normalized spacial score (nSPS) is 18.8. The van der Waals surface area contributed by atoms with Crippen LogP contribution in [-0.2, 0) is 0 Å². The third-order valence-electron chi connectivity index (χ3n) is 3.51. The maximum absolute atomic E-state index is 12.2.